The van der Waals surface area contributed by atoms with Crippen LogP contribution >= 0.6 is 0 Å². The summed E-state index contributed by atoms with van der Waals surface area (Å²) in [6.45, 7) is 0. The largest absolute Gasteiger partial charge is 0.493 e. The molecular weight excluding hydrogens is 244 g/mol. The monoisotopic (exact) mass is 260 g/mol. The lowest BCUT2D eigenvalue weighted by molar-refractivity contribution is 0.354. The van der Waals surface area contributed by atoms with Crippen molar-refractivity contribution in [1.82, 2.24) is 15.4 Å². The van der Waals surface area contributed by atoms with Crippen LogP contribution in [0.15, 0.2) is 36.9 Å². The minimum atomic E-state index is -0.207. The molecule has 0 saturated carbocycles. The van der Waals surface area contributed by atoms with Gasteiger partial charge in [0.05, 0.1) is 20.3 Å². The molecule has 2 aromatic rings. The number of hydrogen-bond acceptors (Lipinski definition) is 6. The number of methoxy groups -OCH3 is 2. The number of aromatic nitrogens is 2. The Morgan fingerprint density at radius 2 is 1.74 bits per heavy atom. The molecule has 100 valence electrons. The lowest BCUT2D eigenvalue weighted by Crippen LogP contribution is -2.29. The average molecular weight is 260 g/mol. The summed E-state index contributed by atoms with van der Waals surface area (Å²) in [4.78, 5) is 7.99. The first-order chi connectivity index (χ1) is 9.30. The van der Waals surface area contributed by atoms with E-state index >= 15 is 0 Å². The summed E-state index contributed by atoms with van der Waals surface area (Å²) in [6, 6.07) is 5.42. The topological polar surface area (TPSA) is 82.3 Å². The van der Waals surface area contributed by atoms with E-state index in [4.69, 9.17) is 15.3 Å². The molecule has 0 aliphatic heterocycles. The van der Waals surface area contributed by atoms with Gasteiger partial charge in [0.15, 0.2) is 11.5 Å². The molecule has 1 atom stereocenters. The van der Waals surface area contributed by atoms with Gasteiger partial charge < -0.3 is 9.47 Å². The first-order valence-electron chi connectivity index (χ1n) is 5.73. The van der Waals surface area contributed by atoms with Crippen LogP contribution in [-0.4, -0.2) is 24.2 Å². The molecule has 0 aliphatic rings. The van der Waals surface area contributed by atoms with Crippen LogP contribution in [0.3, 0.4) is 0 Å². The number of hydrogen-bond donors (Lipinski definition) is 2. The predicted molar refractivity (Wildman–Crippen MR) is 70.7 cm³/mol. The fraction of sp³-hybridized carbons (Fsp3) is 0.231. The minimum Gasteiger partial charge on any atom is -0.493 e. The van der Waals surface area contributed by atoms with Crippen molar-refractivity contribution in [2.75, 3.05) is 14.2 Å². The van der Waals surface area contributed by atoms with Gasteiger partial charge in [0.1, 0.15) is 6.33 Å². The molecule has 3 N–H and O–H groups in total. The number of nitrogens with two attached hydrogens (primary N) is 1. The van der Waals surface area contributed by atoms with Crippen LogP contribution in [0.5, 0.6) is 11.5 Å². The third-order valence-electron chi connectivity index (χ3n) is 2.82. The van der Waals surface area contributed by atoms with Gasteiger partial charge in [-0.2, -0.15) is 0 Å². The van der Waals surface area contributed by atoms with Crippen molar-refractivity contribution >= 4 is 0 Å². The smallest absolute Gasteiger partial charge is 0.161 e. The Hall–Kier alpha value is -2.18. The second-order valence-electron chi connectivity index (χ2n) is 3.89. The molecule has 19 heavy (non-hydrogen) atoms. The Balaban J connectivity index is 2.39. The molecule has 0 saturated heterocycles. The molecule has 1 heterocycles. The number of nitrogens with one attached hydrogen (secondary N) is 1. The van der Waals surface area contributed by atoms with Gasteiger partial charge in [-0.1, -0.05) is 6.07 Å². The maximum atomic E-state index is 5.62. The normalized spacial score (nSPS) is 11.9. The maximum absolute atomic E-state index is 5.62. The number of ether oxygens (including phenoxy) is 2. The molecular formula is C13H16N4O2. The van der Waals surface area contributed by atoms with E-state index in [1.807, 2.05) is 18.2 Å². The summed E-state index contributed by atoms with van der Waals surface area (Å²) in [5.74, 6) is 6.94. The first-order valence-corrected chi connectivity index (χ1v) is 5.73. The van der Waals surface area contributed by atoms with E-state index in [-0.39, 0.29) is 6.04 Å². The van der Waals surface area contributed by atoms with E-state index in [1.54, 1.807) is 26.6 Å². The zero-order valence-electron chi connectivity index (χ0n) is 10.8. The van der Waals surface area contributed by atoms with Crippen LogP contribution in [-0.2, 0) is 0 Å². The third kappa shape index (κ3) is 2.81. The molecule has 6 heteroatoms. The minimum absolute atomic E-state index is 0.207. The van der Waals surface area contributed by atoms with Gasteiger partial charge in [-0.15, -0.1) is 0 Å². The van der Waals surface area contributed by atoms with Crippen LogP contribution in [0.1, 0.15) is 17.2 Å². The summed E-state index contributed by atoms with van der Waals surface area (Å²) in [5.41, 5.74) is 4.56. The van der Waals surface area contributed by atoms with E-state index in [2.05, 4.69) is 15.4 Å². The summed E-state index contributed by atoms with van der Waals surface area (Å²) >= 11 is 0. The van der Waals surface area contributed by atoms with Crippen LogP contribution in [0.2, 0.25) is 0 Å². The second kappa shape index (κ2) is 6.12. The fourth-order valence-corrected chi connectivity index (χ4v) is 1.88. The van der Waals surface area contributed by atoms with Crippen molar-refractivity contribution in [3.05, 3.63) is 48.0 Å². The van der Waals surface area contributed by atoms with E-state index in [0.29, 0.717) is 11.5 Å². The SMILES string of the molecule is COc1ccc(C(NN)c2cncnc2)cc1OC. The van der Waals surface area contributed by atoms with Crippen LogP contribution in [0, 0.1) is 0 Å². The predicted octanol–water partition coefficient (Wildman–Crippen LogP) is 1.05. The Kier molecular flexibility index (Phi) is 4.27. The number of nitrogens with zero attached hydrogens (tertiary/aromatic N) is 2. The van der Waals surface area contributed by atoms with E-state index < -0.39 is 0 Å². The molecule has 0 aliphatic carbocycles. The van der Waals surface area contributed by atoms with E-state index in [0.717, 1.165) is 11.1 Å². The zero-order chi connectivity index (χ0) is 13.7. The van der Waals surface area contributed by atoms with Gasteiger partial charge in [-0.3, -0.25) is 5.84 Å². The van der Waals surface area contributed by atoms with Gasteiger partial charge in [-0.25, -0.2) is 15.4 Å². The van der Waals surface area contributed by atoms with Crippen molar-refractivity contribution in [3.8, 4) is 11.5 Å². The van der Waals surface area contributed by atoms with Crippen molar-refractivity contribution in [3.63, 3.8) is 0 Å². The Labute approximate surface area is 111 Å². The van der Waals surface area contributed by atoms with Gasteiger partial charge >= 0.3 is 0 Å². The maximum Gasteiger partial charge on any atom is 0.161 e. The highest BCUT2D eigenvalue weighted by Gasteiger charge is 2.15. The first kappa shape index (κ1) is 13.3. The average Bonchev–Trinajstić information content (AvgIpc) is 2.49. The lowest BCUT2D eigenvalue weighted by Gasteiger charge is -2.17. The van der Waals surface area contributed by atoms with Crippen molar-refractivity contribution < 1.29 is 9.47 Å². The molecule has 1 aromatic carbocycles. The highest BCUT2D eigenvalue weighted by molar-refractivity contribution is 5.45. The highest BCUT2D eigenvalue weighted by atomic mass is 16.5. The van der Waals surface area contributed by atoms with Gasteiger partial charge in [0.2, 0.25) is 0 Å². The van der Waals surface area contributed by atoms with Crippen molar-refractivity contribution in [2.24, 2.45) is 5.84 Å². The van der Waals surface area contributed by atoms with Crippen molar-refractivity contribution in [2.45, 2.75) is 6.04 Å². The fourth-order valence-electron chi connectivity index (χ4n) is 1.88. The highest BCUT2D eigenvalue weighted by Crippen LogP contribution is 2.31. The molecule has 0 bridgehead atoms. The standard InChI is InChI=1S/C13H16N4O2/c1-18-11-4-3-9(5-12(11)19-2)13(17-14)10-6-15-8-16-7-10/h3-8,13,17H,14H2,1-2H3. The van der Waals surface area contributed by atoms with Gasteiger partial charge in [0, 0.05) is 18.0 Å². The molecule has 6 nitrogen and oxygen atoms in total. The summed E-state index contributed by atoms with van der Waals surface area (Å²) < 4.78 is 10.5. The van der Waals surface area contributed by atoms with Crippen molar-refractivity contribution in [1.29, 1.82) is 0 Å². The molecule has 0 amide bonds. The number of benzene rings is 1. The van der Waals surface area contributed by atoms with E-state index in [9.17, 15) is 0 Å². The molecule has 1 aromatic heterocycles. The molecule has 1 unspecified atom stereocenters. The second-order valence-corrected chi connectivity index (χ2v) is 3.89. The Bertz CT molecular complexity index is 533. The molecule has 0 spiro atoms. The quantitative estimate of drug-likeness (QED) is 0.617. The van der Waals surface area contributed by atoms with Crippen LogP contribution in [0.4, 0.5) is 0 Å². The van der Waals surface area contributed by atoms with Crippen LogP contribution < -0.4 is 20.7 Å². The summed E-state index contributed by atoms with van der Waals surface area (Å²) in [6.07, 6.45) is 4.91. The Morgan fingerprint density at radius 3 is 2.32 bits per heavy atom. The third-order valence-corrected chi connectivity index (χ3v) is 2.82. The zero-order valence-corrected chi connectivity index (χ0v) is 10.8. The summed E-state index contributed by atoms with van der Waals surface area (Å²) in [5, 5.41) is 0. The van der Waals surface area contributed by atoms with Crippen LogP contribution in [0.25, 0.3) is 0 Å². The molecule has 2 rings (SSSR count). The molecule has 0 fully saturated rings. The van der Waals surface area contributed by atoms with Gasteiger partial charge in [0.25, 0.3) is 0 Å². The molecule has 0 radical (unpaired) electrons. The number of rotatable bonds is 5. The Morgan fingerprint density at radius 1 is 1.05 bits per heavy atom. The summed E-state index contributed by atoms with van der Waals surface area (Å²) in [7, 11) is 3.19. The van der Waals surface area contributed by atoms with E-state index in [1.165, 1.54) is 6.33 Å². The van der Waals surface area contributed by atoms with Gasteiger partial charge in [-0.05, 0) is 17.7 Å². The lowest BCUT2D eigenvalue weighted by atomic mass is 10.0. The number of hydrazine groups is 1.